The molecule has 0 bridgehead atoms. The average molecular weight is 510 g/mol. The summed E-state index contributed by atoms with van der Waals surface area (Å²) in [6, 6.07) is 16.1. The molecule has 2 aromatic carbocycles. The van der Waals surface area contributed by atoms with Crippen molar-refractivity contribution in [2.45, 2.75) is 40.7 Å². The van der Waals surface area contributed by atoms with Gasteiger partial charge in [-0.1, -0.05) is 18.2 Å². The van der Waals surface area contributed by atoms with E-state index in [9.17, 15) is 4.79 Å². The highest BCUT2D eigenvalue weighted by Gasteiger charge is 2.24. The first kappa shape index (κ1) is 25.4. The standard InChI is InChI=1S/C30H35N7O/c1-20(2)37-23(5)32-19-27(37)26-13-14-31-30(34-26)33-25-11-9-24(10-12-25)29(38)36-17-15-35(16-18-36)28-21(3)7-6-8-22(28)4/h6-14,19-20H,15-18H2,1-5H3,(H,31,33,34). The summed E-state index contributed by atoms with van der Waals surface area (Å²) < 4.78 is 2.16. The molecule has 4 aromatic rings. The van der Waals surface area contributed by atoms with Gasteiger partial charge >= 0.3 is 0 Å². The summed E-state index contributed by atoms with van der Waals surface area (Å²) in [7, 11) is 0. The number of aryl methyl sites for hydroxylation is 3. The first-order valence-corrected chi connectivity index (χ1v) is 13.2. The molecule has 1 fully saturated rings. The lowest BCUT2D eigenvalue weighted by molar-refractivity contribution is 0.0747. The van der Waals surface area contributed by atoms with Gasteiger partial charge in [0.2, 0.25) is 5.95 Å². The number of rotatable bonds is 6. The number of nitrogens with zero attached hydrogens (tertiary/aromatic N) is 6. The molecule has 1 amide bonds. The Morgan fingerprint density at radius 3 is 2.24 bits per heavy atom. The van der Waals surface area contributed by atoms with Crippen LogP contribution in [0.5, 0.6) is 0 Å². The molecule has 38 heavy (non-hydrogen) atoms. The van der Waals surface area contributed by atoms with Crippen molar-refractivity contribution in [3.63, 3.8) is 0 Å². The average Bonchev–Trinajstić information content (AvgIpc) is 3.31. The summed E-state index contributed by atoms with van der Waals surface area (Å²) in [5.74, 6) is 1.52. The molecule has 196 valence electrons. The maximum atomic E-state index is 13.2. The van der Waals surface area contributed by atoms with Crippen LogP contribution in [0.15, 0.2) is 60.9 Å². The quantitative estimate of drug-likeness (QED) is 0.367. The van der Waals surface area contributed by atoms with E-state index in [1.165, 1.54) is 16.8 Å². The van der Waals surface area contributed by atoms with Gasteiger partial charge in [-0.25, -0.2) is 15.0 Å². The first-order chi connectivity index (χ1) is 18.3. The predicted molar refractivity (Wildman–Crippen MR) is 152 cm³/mol. The third-order valence-corrected chi connectivity index (χ3v) is 7.13. The third-order valence-electron chi connectivity index (χ3n) is 7.13. The van der Waals surface area contributed by atoms with Crippen molar-refractivity contribution in [1.29, 1.82) is 0 Å². The topological polar surface area (TPSA) is 79.2 Å². The van der Waals surface area contributed by atoms with Crippen molar-refractivity contribution in [2.24, 2.45) is 0 Å². The Morgan fingerprint density at radius 1 is 0.895 bits per heavy atom. The normalized spacial score (nSPS) is 13.7. The molecule has 1 saturated heterocycles. The second kappa shape index (κ2) is 10.7. The van der Waals surface area contributed by atoms with E-state index in [-0.39, 0.29) is 11.9 Å². The third kappa shape index (κ3) is 5.11. The molecular weight excluding hydrogens is 474 g/mol. The zero-order valence-corrected chi connectivity index (χ0v) is 22.8. The highest BCUT2D eigenvalue weighted by Crippen LogP contribution is 2.27. The summed E-state index contributed by atoms with van der Waals surface area (Å²) in [5, 5.41) is 3.27. The maximum Gasteiger partial charge on any atom is 0.253 e. The summed E-state index contributed by atoms with van der Waals surface area (Å²) in [4.78, 5) is 31.1. The van der Waals surface area contributed by atoms with E-state index in [4.69, 9.17) is 4.98 Å². The molecular formula is C30H35N7O. The monoisotopic (exact) mass is 509 g/mol. The van der Waals surface area contributed by atoms with Crippen LogP contribution in [0.3, 0.4) is 0 Å². The Labute approximate surface area is 224 Å². The van der Waals surface area contributed by atoms with Crippen molar-refractivity contribution in [3.8, 4) is 11.4 Å². The Bertz CT molecular complexity index is 1410. The Balaban J connectivity index is 1.23. The van der Waals surface area contributed by atoms with Crippen molar-refractivity contribution in [1.82, 2.24) is 24.4 Å². The van der Waals surface area contributed by atoms with Crippen LogP contribution in [0, 0.1) is 20.8 Å². The summed E-state index contributed by atoms with van der Waals surface area (Å²) in [5.41, 5.74) is 7.13. The van der Waals surface area contributed by atoms with E-state index in [1.807, 2.05) is 48.4 Å². The van der Waals surface area contributed by atoms with E-state index in [2.05, 4.69) is 70.6 Å². The molecule has 0 radical (unpaired) electrons. The number of piperazine rings is 1. The van der Waals surface area contributed by atoms with Gasteiger partial charge in [0.05, 0.1) is 17.6 Å². The predicted octanol–water partition coefficient (Wildman–Crippen LogP) is 5.55. The number of carbonyl (C=O) groups excluding carboxylic acids is 1. The number of benzene rings is 2. The SMILES string of the molecule is Cc1cccc(C)c1N1CCN(C(=O)c2ccc(Nc3nccc(-c4cnc(C)n4C(C)C)n3)cc2)CC1. The highest BCUT2D eigenvalue weighted by molar-refractivity contribution is 5.94. The number of amides is 1. The summed E-state index contributed by atoms with van der Waals surface area (Å²) in [6.45, 7) is 13.6. The fraction of sp³-hybridized carbons (Fsp3) is 0.333. The Morgan fingerprint density at radius 2 is 1.58 bits per heavy atom. The van der Waals surface area contributed by atoms with Gasteiger partial charge < -0.3 is 19.7 Å². The molecule has 1 N–H and O–H groups in total. The number of para-hydroxylation sites is 1. The molecule has 0 spiro atoms. The van der Waals surface area contributed by atoms with Crippen molar-refractivity contribution in [3.05, 3.63) is 83.4 Å². The number of anilines is 3. The van der Waals surface area contributed by atoms with Crippen LogP contribution in [0.2, 0.25) is 0 Å². The second-order valence-corrected chi connectivity index (χ2v) is 10.1. The highest BCUT2D eigenvalue weighted by atomic mass is 16.2. The largest absolute Gasteiger partial charge is 0.368 e. The number of carbonyl (C=O) groups is 1. The van der Waals surface area contributed by atoms with E-state index >= 15 is 0 Å². The summed E-state index contributed by atoms with van der Waals surface area (Å²) in [6.07, 6.45) is 3.59. The van der Waals surface area contributed by atoms with Gasteiger partial charge in [0.25, 0.3) is 5.91 Å². The minimum atomic E-state index is 0.0632. The molecule has 0 aliphatic carbocycles. The first-order valence-electron chi connectivity index (χ1n) is 13.2. The van der Waals surface area contributed by atoms with E-state index < -0.39 is 0 Å². The number of nitrogens with one attached hydrogen (secondary N) is 1. The second-order valence-electron chi connectivity index (χ2n) is 10.1. The molecule has 0 unspecified atom stereocenters. The number of hydrogen-bond acceptors (Lipinski definition) is 6. The van der Waals surface area contributed by atoms with Crippen LogP contribution in [0.1, 0.15) is 47.2 Å². The van der Waals surface area contributed by atoms with Crippen LogP contribution in [-0.4, -0.2) is 56.5 Å². The minimum absolute atomic E-state index is 0.0632. The maximum absolute atomic E-state index is 13.2. The molecule has 2 aromatic heterocycles. The Hall–Kier alpha value is -4.20. The van der Waals surface area contributed by atoms with E-state index in [0.717, 1.165) is 36.0 Å². The lowest BCUT2D eigenvalue weighted by Gasteiger charge is -2.37. The Kier molecular flexibility index (Phi) is 7.13. The van der Waals surface area contributed by atoms with Crippen LogP contribution in [0.4, 0.5) is 17.3 Å². The van der Waals surface area contributed by atoms with Gasteiger partial charge in [0.15, 0.2) is 0 Å². The lowest BCUT2D eigenvalue weighted by Crippen LogP contribution is -2.49. The zero-order valence-electron chi connectivity index (χ0n) is 22.8. The lowest BCUT2D eigenvalue weighted by atomic mass is 10.1. The number of aromatic nitrogens is 4. The van der Waals surface area contributed by atoms with Crippen LogP contribution >= 0.6 is 0 Å². The number of hydrogen-bond donors (Lipinski definition) is 1. The van der Waals surface area contributed by atoms with Gasteiger partial charge in [-0.15, -0.1) is 0 Å². The molecule has 3 heterocycles. The smallest absolute Gasteiger partial charge is 0.253 e. The van der Waals surface area contributed by atoms with E-state index in [0.29, 0.717) is 24.6 Å². The van der Waals surface area contributed by atoms with Crippen molar-refractivity contribution >= 4 is 23.2 Å². The molecule has 8 heteroatoms. The van der Waals surface area contributed by atoms with Gasteiger partial charge in [-0.3, -0.25) is 4.79 Å². The fourth-order valence-electron chi connectivity index (χ4n) is 5.30. The fourth-order valence-corrected chi connectivity index (χ4v) is 5.30. The van der Waals surface area contributed by atoms with Gasteiger partial charge in [0.1, 0.15) is 5.82 Å². The molecule has 5 rings (SSSR count). The minimum Gasteiger partial charge on any atom is -0.368 e. The zero-order chi connectivity index (χ0) is 26.8. The molecule has 1 aliphatic heterocycles. The van der Waals surface area contributed by atoms with Crippen LogP contribution in [0.25, 0.3) is 11.4 Å². The molecule has 0 saturated carbocycles. The van der Waals surface area contributed by atoms with Crippen molar-refractivity contribution in [2.75, 3.05) is 36.4 Å². The van der Waals surface area contributed by atoms with E-state index in [1.54, 1.807) is 6.20 Å². The molecule has 0 atom stereocenters. The van der Waals surface area contributed by atoms with Gasteiger partial charge in [-0.2, -0.15) is 0 Å². The number of imidazole rings is 1. The molecule has 8 nitrogen and oxygen atoms in total. The van der Waals surface area contributed by atoms with Gasteiger partial charge in [-0.05, 0) is 76.1 Å². The van der Waals surface area contributed by atoms with Gasteiger partial charge in [0, 0.05) is 55.4 Å². The van der Waals surface area contributed by atoms with Crippen LogP contribution < -0.4 is 10.2 Å². The molecule has 1 aliphatic rings. The van der Waals surface area contributed by atoms with Crippen LogP contribution in [-0.2, 0) is 0 Å². The van der Waals surface area contributed by atoms with Crippen molar-refractivity contribution < 1.29 is 4.79 Å². The summed E-state index contributed by atoms with van der Waals surface area (Å²) >= 11 is 0.